The van der Waals surface area contributed by atoms with E-state index in [0.29, 0.717) is 56.3 Å². The van der Waals surface area contributed by atoms with Gasteiger partial charge in [-0.3, -0.25) is 4.90 Å². The average Bonchev–Trinajstić information content (AvgIpc) is 3.51. The molecule has 7 bridgehead atoms. The number of likely N-dealkylation sites (tertiary alicyclic amines) is 1. The number of sulfone groups is 1. The number of hydrogen-bond acceptors (Lipinski definition) is 10. The lowest BCUT2D eigenvalue weighted by molar-refractivity contribution is -0.333. The first kappa shape index (κ1) is 33.7. The van der Waals surface area contributed by atoms with Crippen molar-refractivity contribution < 1.29 is 42.7 Å². The molecule has 3 unspecified atom stereocenters. The summed E-state index contributed by atoms with van der Waals surface area (Å²) in [6, 6.07) is 15.7. The van der Waals surface area contributed by atoms with Crippen LogP contribution in [0.3, 0.4) is 0 Å². The number of carbonyl (C=O) groups excluding carboxylic acids is 1. The van der Waals surface area contributed by atoms with E-state index in [1.54, 1.807) is 50.6 Å². The summed E-state index contributed by atoms with van der Waals surface area (Å²) in [6.07, 6.45) is 1.64. The SMILES string of the molecule is CCN1C[C@]2(OC(=O)c3ccccc3CS(=O)(=O)Cc3ccccc3)CC[C@H](CO)[C@]34C1[C@H](CC23)[C@@]1(O)C[C@H](OC)[C@H]2CC4[C@]1(O)[C@H]2OC. The standard InChI is InChI=1S/C38H49NO9S/c1-4-39-22-35(48-34(41)26-13-9-8-12-24(26)21-49(44,45)20-23-10-6-5-7-11-23)15-14-25(19-40)37-30(35)17-28(32(37)39)36(42)18-29(46-2)27-16-31(37)38(36,43)33(27)47-3/h5-13,25,27-33,40,42-43H,4,14-22H2,1-3H3/t25-,27-,28+,29+,30?,31?,32?,33+,35-,36+,37+,38+/m1/s1. The van der Waals surface area contributed by atoms with E-state index in [1.165, 1.54) is 0 Å². The molecule has 0 radical (unpaired) electrons. The Labute approximate surface area is 288 Å². The third kappa shape index (κ3) is 4.39. The van der Waals surface area contributed by atoms with Crippen molar-refractivity contribution in [2.75, 3.05) is 33.9 Å². The number of nitrogens with zero attached hydrogens (tertiary/aromatic N) is 1. The smallest absolute Gasteiger partial charge is 0.339 e. The van der Waals surface area contributed by atoms with Gasteiger partial charge in [-0.05, 0) is 55.3 Å². The van der Waals surface area contributed by atoms with Crippen LogP contribution >= 0.6 is 0 Å². The number of aliphatic hydroxyl groups excluding tert-OH is 1. The molecule has 6 aliphatic rings. The molecule has 266 valence electrons. The van der Waals surface area contributed by atoms with Crippen molar-refractivity contribution in [3.05, 3.63) is 71.3 Å². The number of piperidine rings is 1. The Hall–Kier alpha value is -2.38. The van der Waals surface area contributed by atoms with Gasteiger partial charge in [0.2, 0.25) is 0 Å². The van der Waals surface area contributed by atoms with Gasteiger partial charge in [0.05, 0.1) is 29.3 Å². The normalized spacial score (nSPS) is 43.4. The van der Waals surface area contributed by atoms with E-state index in [-0.39, 0.29) is 59.5 Å². The van der Waals surface area contributed by atoms with E-state index in [1.807, 2.05) is 18.2 Å². The Balaban J connectivity index is 1.19. The highest BCUT2D eigenvalue weighted by Crippen LogP contribution is 2.80. The predicted molar refractivity (Wildman–Crippen MR) is 180 cm³/mol. The lowest BCUT2D eigenvalue weighted by Gasteiger charge is -2.71. The molecule has 11 heteroatoms. The van der Waals surface area contributed by atoms with E-state index in [9.17, 15) is 28.5 Å². The van der Waals surface area contributed by atoms with Crippen molar-refractivity contribution in [3.8, 4) is 0 Å². The van der Waals surface area contributed by atoms with Crippen LogP contribution < -0.4 is 0 Å². The van der Waals surface area contributed by atoms with Crippen LogP contribution in [0.2, 0.25) is 0 Å². The Morgan fingerprint density at radius 2 is 1.71 bits per heavy atom. The fourth-order valence-electron chi connectivity index (χ4n) is 12.7. The highest BCUT2D eigenvalue weighted by atomic mass is 32.2. The van der Waals surface area contributed by atoms with Crippen LogP contribution in [0.15, 0.2) is 54.6 Å². The molecule has 49 heavy (non-hydrogen) atoms. The number of fused-ring (bicyclic) bond motifs is 2. The molecule has 2 aromatic rings. The first-order valence-electron chi connectivity index (χ1n) is 17.8. The summed E-state index contributed by atoms with van der Waals surface area (Å²) in [4.78, 5) is 16.8. The van der Waals surface area contributed by atoms with Gasteiger partial charge in [0.15, 0.2) is 9.84 Å². The second-order valence-electron chi connectivity index (χ2n) is 15.8. The van der Waals surface area contributed by atoms with Crippen LogP contribution in [-0.2, 0) is 35.6 Å². The summed E-state index contributed by atoms with van der Waals surface area (Å²) in [7, 11) is -0.350. The summed E-state index contributed by atoms with van der Waals surface area (Å²) < 4.78 is 45.5. The molecule has 12 atom stereocenters. The average molecular weight is 696 g/mol. The van der Waals surface area contributed by atoms with Crippen LogP contribution in [0.1, 0.15) is 60.5 Å². The minimum absolute atomic E-state index is 0.0650. The predicted octanol–water partition coefficient (Wildman–Crippen LogP) is 2.97. The maximum absolute atomic E-state index is 14.4. The zero-order chi connectivity index (χ0) is 34.6. The van der Waals surface area contributed by atoms with Crippen LogP contribution in [0.4, 0.5) is 0 Å². The number of likely N-dealkylation sites (N-methyl/N-ethyl adjacent to an activating group) is 1. The zero-order valence-electron chi connectivity index (χ0n) is 28.5. The number of esters is 1. The van der Waals surface area contributed by atoms with Gasteiger partial charge in [-0.1, -0.05) is 55.5 Å². The van der Waals surface area contributed by atoms with E-state index >= 15 is 0 Å². The molecule has 1 saturated heterocycles. The molecule has 3 N–H and O–H groups in total. The quantitative estimate of drug-likeness (QED) is 0.318. The van der Waals surface area contributed by atoms with Crippen LogP contribution in [0.5, 0.6) is 0 Å². The molecular formula is C38H49NO9S. The molecule has 0 aromatic heterocycles. The van der Waals surface area contributed by atoms with Gasteiger partial charge in [0.1, 0.15) is 16.8 Å². The van der Waals surface area contributed by atoms with E-state index in [2.05, 4.69) is 11.8 Å². The van der Waals surface area contributed by atoms with Gasteiger partial charge in [0.25, 0.3) is 0 Å². The first-order chi connectivity index (χ1) is 23.4. The maximum atomic E-state index is 14.4. The molecule has 1 heterocycles. The number of aliphatic hydroxyl groups is 3. The van der Waals surface area contributed by atoms with Crippen molar-refractivity contribution in [1.29, 1.82) is 0 Å². The topological polar surface area (TPSA) is 143 Å². The monoisotopic (exact) mass is 695 g/mol. The largest absolute Gasteiger partial charge is 0.454 e. The van der Waals surface area contributed by atoms with Gasteiger partial charge in [0, 0.05) is 68.9 Å². The summed E-state index contributed by atoms with van der Waals surface area (Å²) in [5, 5.41) is 36.9. The van der Waals surface area contributed by atoms with Gasteiger partial charge in [-0.2, -0.15) is 0 Å². The van der Waals surface area contributed by atoms with Crippen molar-refractivity contribution in [2.24, 2.45) is 35.0 Å². The van der Waals surface area contributed by atoms with Crippen LogP contribution in [0.25, 0.3) is 0 Å². The molecule has 0 amide bonds. The number of ether oxygens (including phenoxy) is 3. The van der Waals surface area contributed by atoms with Gasteiger partial charge in [-0.15, -0.1) is 0 Å². The van der Waals surface area contributed by atoms with Gasteiger partial charge < -0.3 is 29.5 Å². The summed E-state index contributed by atoms with van der Waals surface area (Å²) in [5.41, 5.74) is -3.32. The van der Waals surface area contributed by atoms with Crippen molar-refractivity contribution in [3.63, 3.8) is 0 Å². The second-order valence-corrected chi connectivity index (χ2v) is 17.9. The number of benzene rings is 2. The Bertz CT molecular complexity index is 1720. The Morgan fingerprint density at radius 1 is 0.980 bits per heavy atom. The first-order valence-corrected chi connectivity index (χ1v) is 19.7. The van der Waals surface area contributed by atoms with Crippen LogP contribution in [-0.4, -0.2) is 104 Å². The van der Waals surface area contributed by atoms with Crippen molar-refractivity contribution in [2.45, 2.75) is 85.6 Å². The molecule has 8 rings (SSSR count). The minimum Gasteiger partial charge on any atom is -0.454 e. The summed E-state index contributed by atoms with van der Waals surface area (Å²) in [5.74, 6) is -2.27. The highest BCUT2D eigenvalue weighted by Gasteiger charge is 2.88. The van der Waals surface area contributed by atoms with E-state index < -0.39 is 50.0 Å². The third-order valence-electron chi connectivity index (χ3n) is 14.2. The van der Waals surface area contributed by atoms with E-state index in [0.717, 1.165) is 0 Å². The number of hydrogen-bond donors (Lipinski definition) is 3. The highest BCUT2D eigenvalue weighted by molar-refractivity contribution is 7.89. The van der Waals surface area contributed by atoms with Gasteiger partial charge >= 0.3 is 5.97 Å². The lowest BCUT2D eigenvalue weighted by atomic mass is 9.42. The molecule has 5 saturated carbocycles. The second kappa shape index (κ2) is 11.6. The zero-order valence-corrected chi connectivity index (χ0v) is 29.3. The maximum Gasteiger partial charge on any atom is 0.339 e. The number of carbonyl (C=O) groups is 1. The molecule has 10 nitrogen and oxygen atoms in total. The molecule has 1 aliphatic heterocycles. The number of methoxy groups -OCH3 is 2. The van der Waals surface area contributed by atoms with E-state index in [4.69, 9.17) is 14.2 Å². The van der Waals surface area contributed by atoms with Crippen molar-refractivity contribution in [1.82, 2.24) is 4.90 Å². The molecule has 1 spiro atoms. The summed E-state index contributed by atoms with van der Waals surface area (Å²) >= 11 is 0. The van der Waals surface area contributed by atoms with Crippen LogP contribution in [0, 0.1) is 35.0 Å². The molecule has 2 aromatic carbocycles. The lowest BCUT2D eigenvalue weighted by Crippen LogP contribution is -2.82. The minimum atomic E-state index is -3.60. The summed E-state index contributed by atoms with van der Waals surface area (Å²) in [6.45, 7) is 3.13. The third-order valence-corrected chi connectivity index (χ3v) is 15.7. The van der Waals surface area contributed by atoms with Crippen molar-refractivity contribution >= 4 is 15.8 Å². The molecule has 5 aliphatic carbocycles. The fourth-order valence-corrected chi connectivity index (χ4v) is 14.3. The molecule has 6 fully saturated rings. The van der Waals surface area contributed by atoms with Gasteiger partial charge in [-0.25, -0.2) is 13.2 Å². The fraction of sp³-hybridized carbons (Fsp3) is 0.658. The Morgan fingerprint density at radius 3 is 2.41 bits per heavy atom. The Kier molecular flexibility index (Phi) is 7.96. The molecular weight excluding hydrogens is 646 g/mol. The number of rotatable bonds is 10.